The third kappa shape index (κ3) is 7.53. The SMILES string of the molecule is CNS(=O)(=O)c1ccccc1C1CCN(CCC(CN(C)C(=O)c2cccc3cc([N+](=O)[O-])ccc23)c2ccc(Cl)c(Cl)c2)CC1. The fourth-order valence-corrected chi connectivity index (χ4v) is 7.63. The molecule has 1 atom stereocenters. The number of piperidine rings is 1. The van der Waals surface area contributed by atoms with Crippen LogP contribution in [0.1, 0.15) is 52.6 Å². The molecule has 0 aromatic heterocycles. The van der Waals surface area contributed by atoms with Gasteiger partial charge in [0.25, 0.3) is 11.6 Å². The summed E-state index contributed by atoms with van der Waals surface area (Å²) in [5.41, 5.74) is 2.28. The van der Waals surface area contributed by atoms with Gasteiger partial charge in [-0.1, -0.05) is 59.6 Å². The van der Waals surface area contributed by atoms with Crippen LogP contribution in [0.25, 0.3) is 10.8 Å². The molecule has 4 aromatic carbocycles. The molecule has 0 saturated carbocycles. The number of nitrogens with zero attached hydrogens (tertiary/aromatic N) is 3. The molecule has 0 bridgehead atoms. The molecule has 1 unspecified atom stereocenters. The van der Waals surface area contributed by atoms with Gasteiger partial charge in [-0.2, -0.15) is 0 Å². The first kappa shape index (κ1) is 33.8. The van der Waals surface area contributed by atoms with Crippen molar-refractivity contribution < 1.29 is 18.1 Å². The maximum atomic E-state index is 13.7. The number of rotatable bonds is 11. The highest BCUT2D eigenvalue weighted by atomic mass is 35.5. The van der Waals surface area contributed by atoms with E-state index in [1.54, 1.807) is 54.4 Å². The van der Waals surface area contributed by atoms with Gasteiger partial charge in [-0.3, -0.25) is 14.9 Å². The number of hydrogen-bond donors (Lipinski definition) is 1. The number of benzene rings is 4. The lowest BCUT2D eigenvalue weighted by Gasteiger charge is -2.34. The molecule has 0 spiro atoms. The van der Waals surface area contributed by atoms with E-state index in [0.717, 1.165) is 50.0 Å². The average Bonchev–Trinajstić information content (AvgIpc) is 3.07. The molecule has 9 nitrogen and oxygen atoms in total. The van der Waals surface area contributed by atoms with Crippen LogP contribution in [-0.4, -0.2) is 69.3 Å². The molecule has 0 aliphatic carbocycles. The number of nitro groups is 1. The number of amides is 1. The standard InChI is InChI=1S/C34H36Cl2N4O5S/c1-37-46(44,45)33-9-4-3-7-29(33)23-14-17-39(18-15-23)19-16-26(24-10-13-31(35)32(36)21-24)22-38(2)34(41)30-8-5-6-25-20-27(40(42)43)11-12-28(25)30/h3-13,20-21,23,26,37H,14-19,22H2,1-2H3. The summed E-state index contributed by atoms with van der Waals surface area (Å²) in [4.78, 5) is 29.0. The third-order valence-corrected chi connectivity index (χ3v) is 11.1. The maximum Gasteiger partial charge on any atom is 0.270 e. The van der Waals surface area contributed by atoms with Crippen LogP contribution >= 0.6 is 23.2 Å². The Kier molecular flexibility index (Phi) is 10.6. The van der Waals surface area contributed by atoms with Crippen molar-refractivity contribution >= 4 is 55.6 Å². The summed E-state index contributed by atoms with van der Waals surface area (Å²) in [6.07, 6.45) is 2.43. The normalized spacial score (nSPS) is 15.1. The highest BCUT2D eigenvalue weighted by Crippen LogP contribution is 2.34. The molecule has 12 heteroatoms. The third-order valence-electron chi connectivity index (χ3n) is 8.86. The lowest BCUT2D eigenvalue weighted by molar-refractivity contribution is -0.384. The number of halogens is 2. The van der Waals surface area contributed by atoms with Gasteiger partial charge in [0.2, 0.25) is 10.0 Å². The summed E-state index contributed by atoms with van der Waals surface area (Å²) < 4.78 is 27.7. The van der Waals surface area contributed by atoms with E-state index in [9.17, 15) is 23.3 Å². The van der Waals surface area contributed by atoms with Gasteiger partial charge in [-0.15, -0.1) is 0 Å². The highest BCUT2D eigenvalue weighted by molar-refractivity contribution is 7.89. The summed E-state index contributed by atoms with van der Waals surface area (Å²) in [5.74, 6) is -0.0770. The van der Waals surface area contributed by atoms with Gasteiger partial charge in [0.1, 0.15) is 0 Å². The summed E-state index contributed by atoms with van der Waals surface area (Å²) in [6.45, 7) is 2.85. The molecule has 1 heterocycles. The van der Waals surface area contributed by atoms with Crippen LogP contribution in [0.3, 0.4) is 0 Å². The van der Waals surface area contributed by atoms with Crippen LogP contribution in [0, 0.1) is 10.1 Å². The van der Waals surface area contributed by atoms with Crippen LogP contribution in [0.4, 0.5) is 5.69 Å². The Morgan fingerprint density at radius 2 is 1.76 bits per heavy atom. The Balaban J connectivity index is 1.30. The Hall–Kier alpha value is -3.54. The molecule has 1 aliphatic heterocycles. The van der Waals surface area contributed by atoms with Crippen molar-refractivity contribution in [2.45, 2.75) is 36.0 Å². The van der Waals surface area contributed by atoms with Crippen LogP contribution < -0.4 is 4.72 Å². The smallest absolute Gasteiger partial charge is 0.270 e. The number of non-ortho nitro benzene ring substituents is 1. The molecule has 242 valence electrons. The van der Waals surface area contributed by atoms with Gasteiger partial charge in [-0.25, -0.2) is 13.1 Å². The van der Waals surface area contributed by atoms with Crippen molar-refractivity contribution in [3.8, 4) is 0 Å². The molecule has 0 radical (unpaired) electrons. The summed E-state index contributed by atoms with van der Waals surface area (Å²) in [6, 6.07) is 22.5. The number of nitrogens with one attached hydrogen (secondary N) is 1. The monoisotopic (exact) mass is 682 g/mol. The Morgan fingerprint density at radius 3 is 2.46 bits per heavy atom. The molecule has 46 heavy (non-hydrogen) atoms. The van der Waals surface area contributed by atoms with E-state index in [0.29, 0.717) is 37.8 Å². The van der Waals surface area contributed by atoms with Crippen molar-refractivity contribution in [2.75, 3.05) is 40.3 Å². The lowest BCUT2D eigenvalue weighted by atomic mass is 9.88. The zero-order valence-electron chi connectivity index (χ0n) is 25.7. The second-order valence-corrected chi connectivity index (χ2v) is 14.3. The van der Waals surface area contributed by atoms with Gasteiger partial charge in [-0.05, 0) is 104 Å². The molecule has 4 aromatic rings. The first-order valence-electron chi connectivity index (χ1n) is 15.1. The first-order valence-corrected chi connectivity index (χ1v) is 17.3. The van der Waals surface area contributed by atoms with Crippen LogP contribution in [0.2, 0.25) is 10.0 Å². The topological polar surface area (TPSA) is 113 Å². The number of nitro benzene ring substituents is 1. The van der Waals surface area contributed by atoms with Crippen molar-refractivity contribution in [1.29, 1.82) is 0 Å². The zero-order chi connectivity index (χ0) is 33.0. The predicted octanol–water partition coefficient (Wildman–Crippen LogP) is 7.09. The summed E-state index contributed by atoms with van der Waals surface area (Å²) in [7, 11) is -0.356. The van der Waals surface area contributed by atoms with E-state index in [1.165, 1.54) is 19.2 Å². The van der Waals surface area contributed by atoms with E-state index >= 15 is 0 Å². The second kappa shape index (κ2) is 14.5. The number of likely N-dealkylation sites (N-methyl/N-ethyl adjacent to an activating group) is 1. The second-order valence-electron chi connectivity index (χ2n) is 11.7. The Bertz CT molecular complexity index is 1860. The van der Waals surface area contributed by atoms with Gasteiger partial charge in [0, 0.05) is 37.2 Å². The van der Waals surface area contributed by atoms with Gasteiger partial charge < -0.3 is 9.80 Å². The van der Waals surface area contributed by atoms with Gasteiger partial charge in [0.05, 0.1) is 19.9 Å². The van der Waals surface area contributed by atoms with E-state index in [-0.39, 0.29) is 23.4 Å². The molecule has 1 N–H and O–H groups in total. The van der Waals surface area contributed by atoms with E-state index in [1.807, 2.05) is 24.3 Å². The number of carbonyl (C=O) groups excluding carboxylic acids is 1. The fourth-order valence-electron chi connectivity index (χ4n) is 6.30. The average molecular weight is 684 g/mol. The van der Waals surface area contributed by atoms with Gasteiger partial charge in [0.15, 0.2) is 0 Å². The van der Waals surface area contributed by atoms with Gasteiger partial charge >= 0.3 is 0 Å². The first-order chi connectivity index (χ1) is 22.0. The minimum absolute atomic E-state index is 0.0265. The quantitative estimate of drug-likeness (QED) is 0.134. The van der Waals surface area contributed by atoms with Crippen LogP contribution in [0.15, 0.2) is 83.8 Å². The fraction of sp³-hybridized carbons (Fsp3) is 0.324. The van der Waals surface area contributed by atoms with Crippen molar-refractivity contribution in [3.05, 3.63) is 116 Å². The molecule has 5 rings (SSSR count). The largest absolute Gasteiger partial charge is 0.341 e. The number of carbonyl (C=O) groups is 1. The Morgan fingerprint density at radius 1 is 1.02 bits per heavy atom. The minimum atomic E-state index is -3.55. The zero-order valence-corrected chi connectivity index (χ0v) is 28.0. The number of fused-ring (bicyclic) bond motifs is 1. The number of hydrogen-bond acceptors (Lipinski definition) is 6. The highest BCUT2D eigenvalue weighted by Gasteiger charge is 2.27. The predicted molar refractivity (Wildman–Crippen MR) is 182 cm³/mol. The summed E-state index contributed by atoms with van der Waals surface area (Å²) >= 11 is 12.6. The molecular formula is C34H36Cl2N4O5S. The molecule has 1 fully saturated rings. The van der Waals surface area contributed by atoms with E-state index in [2.05, 4.69) is 9.62 Å². The minimum Gasteiger partial charge on any atom is -0.341 e. The molecule has 1 amide bonds. The number of likely N-dealkylation sites (tertiary alicyclic amines) is 1. The molecule has 1 aliphatic rings. The van der Waals surface area contributed by atoms with E-state index < -0.39 is 14.9 Å². The lowest BCUT2D eigenvalue weighted by Crippen LogP contribution is -2.36. The van der Waals surface area contributed by atoms with Crippen molar-refractivity contribution in [3.63, 3.8) is 0 Å². The number of sulfonamides is 1. The summed E-state index contributed by atoms with van der Waals surface area (Å²) in [5, 5.41) is 13.5. The van der Waals surface area contributed by atoms with Crippen molar-refractivity contribution in [1.82, 2.24) is 14.5 Å². The van der Waals surface area contributed by atoms with Crippen molar-refractivity contribution in [2.24, 2.45) is 0 Å². The molecular weight excluding hydrogens is 647 g/mol. The van der Waals surface area contributed by atoms with E-state index in [4.69, 9.17) is 23.2 Å². The maximum absolute atomic E-state index is 13.7. The van der Waals surface area contributed by atoms with Crippen LogP contribution in [0.5, 0.6) is 0 Å². The molecule has 1 saturated heterocycles. The Labute approximate surface area is 279 Å². The van der Waals surface area contributed by atoms with Crippen LogP contribution in [-0.2, 0) is 10.0 Å².